The van der Waals surface area contributed by atoms with E-state index >= 15 is 0 Å². The van der Waals surface area contributed by atoms with E-state index < -0.39 is 18.1 Å². The number of halogens is 2. The third kappa shape index (κ3) is 2.75. The zero-order valence-corrected chi connectivity index (χ0v) is 11.3. The lowest BCUT2D eigenvalue weighted by atomic mass is 9.82. The fourth-order valence-electron chi connectivity index (χ4n) is 2.14. The van der Waals surface area contributed by atoms with E-state index in [1.165, 1.54) is 23.1 Å². The first-order valence-corrected chi connectivity index (χ1v) is 6.39. The molecule has 110 valence electrons. The Kier molecular flexibility index (Phi) is 3.94. The number of carbonyl (C=O) groups is 1. The number of alkyl halides is 2. The lowest BCUT2D eigenvalue weighted by Crippen LogP contribution is -2.65. The zero-order valence-electron chi connectivity index (χ0n) is 11.3. The highest BCUT2D eigenvalue weighted by atomic mass is 19.3. The molecule has 1 amide bonds. The molecule has 1 heterocycles. The maximum Gasteiger partial charge on any atom is 0.387 e. The summed E-state index contributed by atoms with van der Waals surface area (Å²) >= 11 is 0. The van der Waals surface area contributed by atoms with Crippen molar-refractivity contribution in [2.75, 3.05) is 13.1 Å². The van der Waals surface area contributed by atoms with Crippen molar-refractivity contribution in [3.63, 3.8) is 0 Å². The normalized spacial score (nSPS) is 17.2. The van der Waals surface area contributed by atoms with Crippen LogP contribution < -0.4 is 4.74 Å². The van der Waals surface area contributed by atoms with Crippen molar-refractivity contribution in [2.24, 2.45) is 5.92 Å². The smallest absolute Gasteiger partial charge is 0.387 e. The van der Waals surface area contributed by atoms with E-state index in [-0.39, 0.29) is 30.3 Å². The van der Waals surface area contributed by atoms with Gasteiger partial charge in [-0.3, -0.25) is 4.79 Å². The Bertz CT molecular complexity index is 499. The molecule has 0 radical (unpaired) electrons. The molecule has 1 fully saturated rings. The number of carbonyl (C=O) groups excluding carboxylic acids is 1. The molecule has 1 N–H and O–H groups in total. The molecule has 1 aliphatic heterocycles. The van der Waals surface area contributed by atoms with Gasteiger partial charge in [-0.05, 0) is 18.1 Å². The minimum Gasteiger partial charge on any atom is -0.434 e. The van der Waals surface area contributed by atoms with Gasteiger partial charge in [-0.2, -0.15) is 8.78 Å². The van der Waals surface area contributed by atoms with Crippen LogP contribution in [0, 0.1) is 5.92 Å². The van der Waals surface area contributed by atoms with Crippen LogP contribution in [0.5, 0.6) is 5.75 Å². The number of aliphatic hydroxyl groups is 1. The molecule has 1 aromatic carbocycles. The van der Waals surface area contributed by atoms with Gasteiger partial charge in [0, 0.05) is 0 Å². The van der Waals surface area contributed by atoms with Gasteiger partial charge < -0.3 is 14.7 Å². The average molecular weight is 285 g/mol. The minimum atomic E-state index is -2.98. The molecule has 20 heavy (non-hydrogen) atoms. The first kappa shape index (κ1) is 14.7. The van der Waals surface area contributed by atoms with Gasteiger partial charge in [-0.25, -0.2) is 0 Å². The molecule has 0 spiro atoms. The number of nitrogens with zero attached hydrogens (tertiary/aromatic N) is 1. The Labute approximate surface area is 116 Å². The summed E-state index contributed by atoms with van der Waals surface area (Å²) in [5.74, 6) is -0.529. The fraction of sp³-hybridized carbons (Fsp3) is 0.500. The average Bonchev–Trinajstić information content (AvgIpc) is 2.34. The topological polar surface area (TPSA) is 49.8 Å². The van der Waals surface area contributed by atoms with Crippen LogP contribution in [0.3, 0.4) is 0 Å². The number of likely N-dealkylation sites (tertiary alicyclic amines) is 1. The number of β-amino-alcohol motifs (C(OH)–C–C–N with tert-alkyl or cyclic N) is 1. The van der Waals surface area contributed by atoms with Crippen molar-refractivity contribution in [1.29, 1.82) is 0 Å². The number of benzene rings is 1. The highest BCUT2D eigenvalue weighted by Crippen LogP contribution is 2.31. The van der Waals surface area contributed by atoms with Gasteiger partial charge in [-0.1, -0.05) is 26.0 Å². The van der Waals surface area contributed by atoms with Crippen molar-refractivity contribution in [3.05, 3.63) is 29.8 Å². The van der Waals surface area contributed by atoms with E-state index in [1.54, 1.807) is 6.07 Å². The van der Waals surface area contributed by atoms with Crippen LogP contribution in [0.15, 0.2) is 24.3 Å². The Balaban J connectivity index is 2.12. The molecular formula is C14H17F2NO3. The number of para-hydroxylation sites is 1. The second kappa shape index (κ2) is 5.36. The van der Waals surface area contributed by atoms with Gasteiger partial charge >= 0.3 is 6.61 Å². The number of amides is 1. The van der Waals surface area contributed by atoms with E-state index in [2.05, 4.69) is 4.74 Å². The molecule has 0 atom stereocenters. The molecule has 0 aromatic heterocycles. The van der Waals surface area contributed by atoms with E-state index in [9.17, 15) is 18.7 Å². The van der Waals surface area contributed by atoms with Crippen LogP contribution in [0.25, 0.3) is 0 Å². The Morgan fingerprint density at radius 2 is 1.95 bits per heavy atom. The van der Waals surface area contributed by atoms with Crippen molar-refractivity contribution in [1.82, 2.24) is 4.90 Å². The maximum atomic E-state index is 12.3. The van der Waals surface area contributed by atoms with Crippen molar-refractivity contribution >= 4 is 5.91 Å². The second-order valence-electron chi connectivity index (χ2n) is 5.29. The first-order chi connectivity index (χ1) is 9.33. The summed E-state index contributed by atoms with van der Waals surface area (Å²) in [6.07, 6.45) is 0. The summed E-state index contributed by atoms with van der Waals surface area (Å²) in [5, 5.41) is 10.1. The highest BCUT2D eigenvalue weighted by Gasteiger charge is 2.46. The molecule has 1 aromatic rings. The fourth-order valence-corrected chi connectivity index (χ4v) is 2.14. The summed E-state index contributed by atoms with van der Waals surface area (Å²) in [4.78, 5) is 13.7. The third-order valence-electron chi connectivity index (χ3n) is 3.62. The van der Waals surface area contributed by atoms with Gasteiger partial charge in [-0.15, -0.1) is 0 Å². The first-order valence-electron chi connectivity index (χ1n) is 6.39. The summed E-state index contributed by atoms with van der Waals surface area (Å²) in [5.41, 5.74) is -0.813. The van der Waals surface area contributed by atoms with E-state index in [0.717, 1.165) is 0 Å². The van der Waals surface area contributed by atoms with Crippen LogP contribution >= 0.6 is 0 Å². The van der Waals surface area contributed by atoms with Gasteiger partial charge in [0.2, 0.25) is 0 Å². The molecule has 0 bridgehead atoms. The standard InChI is InChI=1S/C14H17F2NO3/c1-9(2)14(19)7-17(8-14)12(18)10-5-3-4-6-11(10)20-13(15)16/h3-6,9,13,19H,7-8H2,1-2H3. The Hall–Kier alpha value is -1.69. The molecule has 1 saturated heterocycles. The summed E-state index contributed by atoms with van der Waals surface area (Å²) in [6, 6.07) is 5.87. The predicted molar refractivity (Wildman–Crippen MR) is 68.8 cm³/mol. The van der Waals surface area contributed by atoms with Crippen LogP contribution in [0.2, 0.25) is 0 Å². The van der Waals surface area contributed by atoms with Crippen LogP contribution in [-0.4, -0.2) is 41.2 Å². The Morgan fingerprint density at radius 1 is 1.35 bits per heavy atom. The minimum absolute atomic E-state index is 0.0270. The molecule has 2 rings (SSSR count). The quantitative estimate of drug-likeness (QED) is 0.922. The van der Waals surface area contributed by atoms with Crippen molar-refractivity contribution in [2.45, 2.75) is 26.1 Å². The lowest BCUT2D eigenvalue weighted by molar-refractivity contribution is -0.111. The van der Waals surface area contributed by atoms with Crippen molar-refractivity contribution < 1.29 is 23.4 Å². The lowest BCUT2D eigenvalue weighted by Gasteiger charge is -2.49. The number of hydrogen-bond donors (Lipinski definition) is 1. The summed E-state index contributed by atoms with van der Waals surface area (Å²) < 4.78 is 28.9. The van der Waals surface area contributed by atoms with Crippen LogP contribution in [0.1, 0.15) is 24.2 Å². The molecule has 0 aliphatic carbocycles. The van der Waals surface area contributed by atoms with E-state index in [1.807, 2.05) is 13.8 Å². The van der Waals surface area contributed by atoms with E-state index in [4.69, 9.17) is 0 Å². The second-order valence-corrected chi connectivity index (χ2v) is 5.29. The van der Waals surface area contributed by atoms with Gasteiger partial charge in [0.15, 0.2) is 0 Å². The zero-order chi connectivity index (χ0) is 14.9. The summed E-state index contributed by atoms with van der Waals surface area (Å²) in [7, 11) is 0. The van der Waals surface area contributed by atoms with Gasteiger partial charge in [0.1, 0.15) is 11.4 Å². The largest absolute Gasteiger partial charge is 0.434 e. The monoisotopic (exact) mass is 285 g/mol. The van der Waals surface area contributed by atoms with Crippen molar-refractivity contribution in [3.8, 4) is 5.75 Å². The number of hydrogen-bond acceptors (Lipinski definition) is 3. The number of ether oxygens (including phenoxy) is 1. The van der Waals surface area contributed by atoms with Crippen LogP contribution in [-0.2, 0) is 0 Å². The number of rotatable bonds is 4. The summed E-state index contributed by atoms with van der Waals surface area (Å²) in [6.45, 7) is 1.16. The Morgan fingerprint density at radius 3 is 2.50 bits per heavy atom. The molecule has 0 unspecified atom stereocenters. The molecule has 0 saturated carbocycles. The third-order valence-corrected chi connectivity index (χ3v) is 3.62. The molecule has 1 aliphatic rings. The molecule has 4 nitrogen and oxygen atoms in total. The van der Waals surface area contributed by atoms with E-state index in [0.29, 0.717) is 0 Å². The van der Waals surface area contributed by atoms with Gasteiger partial charge in [0.25, 0.3) is 5.91 Å². The van der Waals surface area contributed by atoms with Crippen LogP contribution in [0.4, 0.5) is 8.78 Å². The predicted octanol–water partition coefficient (Wildman–Crippen LogP) is 2.13. The van der Waals surface area contributed by atoms with Gasteiger partial charge in [0.05, 0.1) is 18.7 Å². The molecule has 6 heteroatoms. The maximum absolute atomic E-state index is 12.3. The molecular weight excluding hydrogens is 268 g/mol. The SMILES string of the molecule is CC(C)C1(O)CN(C(=O)c2ccccc2OC(F)F)C1. The highest BCUT2D eigenvalue weighted by molar-refractivity contribution is 5.97.